The van der Waals surface area contributed by atoms with Crippen LogP contribution < -0.4 is 5.32 Å². The van der Waals surface area contributed by atoms with E-state index < -0.39 is 0 Å². The lowest BCUT2D eigenvalue weighted by Gasteiger charge is -2.13. The lowest BCUT2D eigenvalue weighted by Crippen LogP contribution is -2.19. The van der Waals surface area contributed by atoms with E-state index in [2.05, 4.69) is 63.2 Å². The maximum Gasteiger partial charge on any atom is 0.0489 e. The van der Waals surface area contributed by atoms with E-state index in [1.807, 2.05) is 0 Å². The highest BCUT2D eigenvalue weighted by Gasteiger charge is 2.13. The number of thiophene rings is 1. The van der Waals surface area contributed by atoms with Gasteiger partial charge >= 0.3 is 0 Å². The zero-order chi connectivity index (χ0) is 14.1. The molecule has 1 aliphatic rings. The first-order valence-corrected chi connectivity index (χ1v) is 8.35. The van der Waals surface area contributed by atoms with Crippen LogP contribution in [0.25, 0.3) is 16.5 Å². The molecule has 0 atom stereocenters. The fourth-order valence-corrected chi connectivity index (χ4v) is 3.74. The van der Waals surface area contributed by atoms with Crippen molar-refractivity contribution in [1.29, 1.82) is 0 Å². The summed E-state index contributed by atoms with van der Waals surface area (Å²) in [7, 11) is 0. The van der Waals surface area contributed by atoms with Crippen molar-refractivity contribution in [3.05, 3.63) is 64.5 Å². The first-order valence-electron chi connectivity index (χ1n) is 7.41. The maximum absolute atomic E-state index is 3.39. The third-order valence-corrected chi connectivity index (χ3v) is 4.86. The van der Waals surface area contributed by atoms with Gasteiger partial charge in [-0.25, -0.2) is 0 Å². The molecule has 3 aromatic rings. The fourth-order valence-electron chi connectivity index (χ4n) is 3.08. The second-order valence-electron chi connectivity index (χ2n) is 5.50. The van der Waals surface area contributed by atoms with Crippen molar-refractivity contribution in [2.75, 3.05) is 13.1 Å². The van der Waals surface area contributed by atoms with Crippen LogP contribution >= 0.6 is 11.3 Å². The van der Waals surface area contributed by atoms with Crippen molar-refractivity contribution in [1.82, 2.24) is 9.88 Å². The summed E-state index contributed by atoms with van der Waals surface area (Å²) in [6.45, 7) is 3.02. The Morgan fingerprint density at radius 1 is 1.19 bits per heavy atom. The number of hydrogen-bond acceptors (Lipinski definition) is 2. The van der Waals surface area contributed by atoms with E-state index in [4.69, 9.17) is 0 Å². The van der Waals surface area contributed by atoms with Crippen LogP contribution in [0.1, 0.15) is 17.5 Å². The molecule has 2 aromatic heterocycles. The SMILES string of the molecule is C1=C(c2cn(Cc3ccsc3)c3ccccc23)CCNC1. The van der Waals surface area contributed by atoms with Gasteiger partial charge in [0.2, 0.25) is 0 Å². The van der Waals surface area contributed by atoms with Gasteiger partial charge in [0.05, 0.1) is 0 Å². The largest absolute Gasteiger partial charge is 0.342 e. The minimum Gasteiger partial charge on any atom is -0.342 e. The molecule has 0 saturated carbocycles. The molecular formula is C18H18N2S. The Morgan fingerprint density at radius 2 is 2.14 bits per heavy atom. The molecule has 3 heterocycles. The van der Waals surface area contributed by atoms with Crippen molar-refractivity contribution in [2.45, 2.75) is 13.0 Å². The zero-order valence-electron chi connectivity index (χ0n) is 11.9. The monoisotopic (exact) mass is 294 g/mol. The quantitative estimate of drug-likeness (QED) is 0.768. The van der Waals surface area contributed by atoms with Crippen LogP contribution in [0.4, 0.5) is 0 Å². The number of nitrogens with one attached hydrogen (secondary N) is 1. The highest BCUT2D eigenvalue weighted by Crippen LogP contribution is 2.30. The molecule has 2 nitrogen and oxygen atoms in total. The van der Waals surface area contributed by atoms with Crippen LogP contribution in [0.2, 0.25) is 0 Å². The summed E-state index contributed by atoms with van der Waals surface area (Å²) < 4.78 is 2.38. The van der Waals surface area contributed by atoms with Gasteiger partial charge in [-0.3, -0.25) is 0 Å². The fraction of sp³-hybridized carbons (Fsp3) is 0.222. The molecule has 1 aliphatic heterocycles. The summed E-state index contributed by atoms with van der Waals surface area (Å²) in [6, 6.07) is 11.0. The third kappa shape index (κ3) is 2.43. The van der Waals surface area contributed by atoms with Crippen molar-refractivity contribution in [3.63, 3.8) is 0 Å². The standard InChI is InChI=1S/C18H18N2S/c1-2-4-18-16(3-1)17(15-5-8-19-9-6-15)12-20(18)11-14-7-10-21-13-14/h1-5,7,10,12-13,19H,6,8-9,11H2. The highest BCUT2D eigenvalue weighted by atomic mass is 32.1. The van der Waals surface area contributed by atoms with E-state index in [0.717, 1.165) is 26.1 Å². The van der Waals surface area contributed by atoms with E-state index in [0.29, 0.717) is 0 Å². The first-order chi connectivity index (χ1) is 10.4. The van der Waals surface area contributed by atoms with Crippen LogP contribution in [-0.4, -0.2) is 17.7 Å². The van der Waals surface area contributed by atoms with Gasteiger partial charge in [0.25, 0.3) is 0 Å². The smallest absolute Gasteiger partial charge is 0.0489 e. The van der Waals surface area contributed by atoms with Crippen molar-refractivity contribution < 1.29 is 0 Å². The number of benzene rings is 1. The molecule has 0 spiro atoms. The van der Waals surface area contributed by atoms with Crippen molar-refractivity contribution in [2.24, 2.45) is 0 Å². The molecular weight excluding hydrogens is 276 g/mol. The average Bonchev–Trinajstić information content (AvgIpc) is 3.17. The number of para-hydroxylation sites is 1. The van der Waals surface area contributed by atoms with Gasteiger partial charge in [0.15, 0.2) is 0 Å². The van der Waals surface area contributed by atoms with Crippen LogP contribution in [0.15, 0.2) is 53.4 Å². The molecule has 0 bridgehead atoms. The van der Waals surface area contributed by atoms with Crippen molar-refractivity contribution in [3.8, 4) is 0 Å². The van der Waals surface area contributed by atoms with E-state index in [1.54, 1.807) is 11.3 Å². The summed E-state index contributed by atoms with van der Waals surface area (Å²) in [5.74, 6) is 0. The van der Waals surface area contributed by atoms with E-state index >= 15 is 0 Å². The molecule has 21 heavy (non-hydrogen) atoms. The Morgan fingerprint density at radius 3 is 2.95 bits per heavy atom. The van der Waals surface area contributed by atoms with Gasteiger partial charge in [-0.1, -0.05) is 24.3 Å². The summed E-state index contributed by atoms with van der Waals surface area (Å²) in [4.78, 5) is 0. The van der Waals surface area contributed by atoms with Gasteiger partial charge < -0.3 is 9.88 Å². The Hall–Kier alpha value is -1.84. The second-order valence-corrected chi connectivity index (χ2v) is 6.28. The Labute approximate surface area is 128 Å². The van der Waals surface area contributed by atoms with Crippen LogP contribution in [0.3, 0.4) is 0 Å². The van der Waals surface area contributed by atoms with Crippen LogP contribution in [0, 0.1) is 0 Å². The van der Waals surface area contributed by atoms with E-state index in [-0.39, 0.29) is 0 Å². The van der Waals surface area contributed by atoms with Gasteiger partial charge in [0, 0.05) is 35.8 Å². The van der Waals surface area contributed by atoms with Gasteiger partial charge in [-0.15, -0.1) is 0 Å². The number of fused-ring (bicyclic) bond motifs is 1. The molecule has 106 valence electrons. The molecule has 0 radical (unpaired) electrons. The topological polar surface area (TPSA) is 17.0 Å². The second kappa shape index (κ2) is 5.51. The van der Waals surface area contributed by atoms with Crippen LogP contribution in [0.5, 0.6) is 0 Å². The minimum atomic E-state index is 0.954. The molecule has 4 rings (SSSR count). The molecule has 1 N–H and O–H groups in total. The van der Waals surface area contributed by atoms with Gasteiger partial charge in [0.1, 0.15) is 0 Å². The minimum absolute atomic E-state index is 0.954. The molecule has 3 heteroatoms. The molecule has 0 fully saturated rings. The summed E-state index contributed by atoms with van der Waals surface area (Å²) >= 11 is 1.77. The average molecular weight is 294 g/mol. The lowest BCUT2D eigenvalue weighted by molar-refractivity contribution is 0.738. The van der Waals surface area contributed by atoms with E-state index in [1.165, 1.54) is 27.6 Å². The highest BCUT2D eigenvalue weighted by molar-refractivity contribution is 7.07. The van der Waals surface area contributed by atoms with Gasteiger partial charge in [-0.2, -0.15) is 11.3 Å². The Kier molecular flexibility index (Phi) is 3.37. The molecule has 1 aromatic carbocycles. The zero-order valence-corrected chi connectivity index (χ0v) is 12.7. The molecule has 0 amide bonds. The normalized spacial score (nSPS) is 15.3. The predicted molar refractivity (Wildman–Crippen MR) is 90.8 cm³/mol. The number of nitrogens with zero attached hydrogens (tertiary/aromatic N) is 1. The Bertz CT molecular complexity index is 781. The third-order valence-electron chi connectivity index (χ3n) is 4.13. The molecule has 0 saturated heterocycles. The number of aromatic nitrogens is 1. The number of rotatable bonds is 3. The van der Waals surface area contributed by atoms with E-state index in [9.17, 15) is 0 Å². The van der Waals surface area contributed by atoms with Gasteiger partial charge in [-0.05, 0) is 47.0 Å². The summed E-state index contributed by atoms with van der Waals surface area (Å²) in [5, 5.41) is 9.15. The summed E-state index contributed by atoms with van der Waals surface area (Å²) in [6.07, 6.45) is 5.78. The number of hydrogen-bond donors (Lipinski definition) is 1. The summed E-state index contributed by atoms with van der Waals surface area (Å²) in [5.41, 5.74) is 5.60. The maximum atomic E-state index is 3.39. The van der Waals surface area contributed by atoms with Crippen molar-refractivity contribution >= 4 is 27.8 Å². The predicted octanol–water partition coefficient (Wildman–Crippen LogP) is 4.13. The lowest BCUT2D eigenvalue weighted by atomic mass is 10.00. The first kappa shape index (κ1) is 12.9. The molecule has 0 unspecified atom stereocenters. The molecule has 0 aliphatic carbocycles. The Balaban J connectivity index is 1.82. The van der Waals surface area contributed by atoms with Crippen LogP contribution in [-0.2, 0) is 6.54 Å².